The average Bonchev–Trinajstić information content (AvgIpc) is 2.71. The third kappa shape index (κ3) is 2.69. The minimum Gasteiger partial charge on any atom is -0.336 e. The summed E-state index contributed by atoms with van der Waals surface area (Å²) in [6.45, 7) is -0.512. The first-order valence-corrected chi connectivity index (χ1v) is 5.98. The Morgan fingerprint density at radius 2 is 2.35 bits per heavy atom. The van der Waals surface area contributed by atoms with E-state index < -0.39 is 6.67 Å². The van der Waals surface area contributed by atoms with Crippen LogP contribution in [0, 0.1) is 0 Å². The normalized spacial score (nSPS) is 17.6. The van der Waals surface area contributed by atoms with E-state index in [0.29, 0.717) is 0 Å². The molecule has 0 spiro atoms. The Balaban J connectivity index is 2.02. The van der Waals surface area contributed by atoms with E-state index in [1.54, 1.807) is 0 Å². The second kappa shape index (κ2) is 5.36. The number of fused-ring (bicyclic) bond motifs is 1. The van der Waals surface area contributed by atoms with E-state index >= 15 is 0 Å². The summed E-state index contributed by atoms with van der Waals surface area (Å²) < 4.78 is 11.9. The number of benzene rings is 1. The van der Waals surface area contributed by atoms with E-state index in [1.807, 2.05) is 18.2 Å². The van der Waals surface area contributed by atoms with Gasteiger partial charge in [-0.1, -0.05) is 23.7 Å². The lowest BCUT2D eigenvalue weighted by atomic mass is 10.1. The molecule has 0 heterocycles. The number of carbonyl (C=O) groups is 1. The topological polar surface area (TPSA) is 41.1 Å². The molecule has 2 rings (SSSR count). The van der Waals surface area contributed by atoms with Gasteiger partial charge in [0.1, 0.15) is 6.67 Å². The molecule has 1 aliphatic rings. The van der Waals surface area contributed by atoms with Gasteiger partial charge in [-0.25, -0.2) is 9.18 Å². The lowest BCUT2D eigenvalue weighted by Crippen LogP contribution is -2.38. The average molecular weight is 257 g/mol. The number of alkyl halides is 1. The molecule has 0 saturated heterocycles. The Kier molecular flexibility index (Phi) is 3.84. The van der Waals surface area contributed by atoms with Crippen LogP contribution in [-0.4, -0.2) is 19.3 Å². The van der Waals surface area contributed by atoms with Crippen molar-refractivity contribution < 1.29 is 9.18 Å². The third-order valence-corrected chi connectivity index (χ3v) is 3.25. The molecular formula is C12H14ClFN2O. The summed E-state index contributed by atoms with van der Waals surface area (Å²) in [5, 5.41) is 6.01. The van der Waals surface area contributed by atoms with Crippen molar-refractivity contribution in [2.45, 2.75) is 18.9 Å². The highest BCUT2D eigenvalue weighted by atomic mass is 35.5. The summed E-state index contributed by atoms with van der Waals surface area (Å²) in [6, 6.07) is 5.34. The highest BCUT2D eigenvalue weighted by Crippen LogP contribution is 2.35. The van der Waals surface area contributed by atoms with Crippen LogP contribution >= 0.6 is 11.6 Å². The van der Waals surface area contributed by atoms with Gasteiger partial charge in [-0.15, -0.1) is 0 Å². The molecule has 0 aliphatic heterocycles. The second-order valence-corrected chi connectivity index (χ2v) is 4.40. The molecule has 0 bridgehead atoms. The van der Waals surface area contributed by atoms with Crippen molar-refractivity contribution in [3.05, 3.63) is 34.3 Å². The van der Waals surface area contributed by atoms with Gasteiger partial charge >= 0.3 is 6.03 Å². The van der Waals surface area contributed by atoms with Gasteiger partial charge in [0.2, 0.25) is 0 Å². The predicted octanol–water partition coefficient (Wildman–Crippen LogP) is 2.60. The van der Waals surface area contributed by atoms with Crippen molar-refractivity contribution in [2.75, 3.05) is 13.2 Å². The molecule has 0 aromatic heterocycles. The summed E-state index contributed by atoms with van der Waals surface area (Å²) in [5.41, 5.74) is 2.16. The second-order valence-electron chi connectivity index (χ2n) is 3.99. The number of halogens is 2. The number of urea groups is 1. The van der Waals surface area contributed by atoms with Crippen LogP contribution in [0.1, 0.15) is 23.6 Å². The fraction of sp³-hybridized carbons (Fsp3) is 0.417. The molecule has 0 fully saturated rings. The molecule has 17 heavy (non-hydrogen) atoms. The Labute approximate surface area is 104 Å². The summed E-state index contributed by atoms with van der Waals surface area (Å²) >= 11 is 6.08. The van der Waals surface area contributed by atoms with Crippen LogP contribution in [0.3, 0.4) is 0 Å². The molecular weight excluding hydrogens is 243 g/mol. The van der Waals surface area contributed by atoms with E-state index in [4.69, 9.17) is 11.6 Å². The van der Waals surface area contributed by atoms with Crippen molar-refractivity contribution >= 4 is 17.6 Å². The van der Waals surface area contributed by atoms with Crippen molar-refractivity contribution in [1.82, 2.24) is 10.6 Å². The highest BCUT2D eigenvalue weighted by molar-refractivity contribution is 6.31. The molecule has 1 aromatic rings. The first-order valence-electron chi connectivity index (χ1n) is 5.60. The molecule has 0 radical (unpaired) electrons. The lowest BCUT2D eigenvalue weighted by molar-refractivity contribution is 0.236. The molecule has 5 heteroatoms. The van der Waals surface area contributed by atoms with Crippen LogP contribution in [0.25, 0.3) is 0 Å². The van der Waals surface area contributed by atoms with E-state index in [0.717, 1.165) is 29.0 Å². The van der Waals surface area contributed by atoms with E-state index in [-0.39, 0.29) is 18.6 Å². The van der Waals surface area contributed by atoms with Gasteiger partial charge in [-0.05, 0) is 30.0 Å². The van der Waals surface area contributed by atoms with Gasteiger partial charge in [0, 0.05) is 11.6 Å². The number of hydrogen-bond donors (Lipinski definition) is 2. The molecule has 92 valence electrons. The Morgan fingerprint density at radius 1 is 1.53 bits per heavy atom. The zero-order valence-corrected chi connectivity index (χ0v) is 10.1. The first-order chi connectivity index (χ1) is 8.22. The van der Waals surface area contributed by atoms with Crippen LogP contribution in [0.4, 0.5) is 9.18 Å². The summed E-state index contributed by atoms with van der Waals surface area (Å²) in [7, 11) is 0. The zero-order chi connectivity index (χ0) is 12.3. The highest BCUT2D eigenvalue weighted by Gasteiger charge is 2.25. The van der Waals surface area contributed by atoms with Crippen molar-refractivity contribution in [3.8, 4) is 0 Å². The zero-order valence-electron chi connectivity index (χ0n) is 9.30. The molecule has 1 atom stereocenters. The van der Waals surface area contributed by atoms with E-state index in [1.165, 1.54) is 0 Å². The Morgan fingerprint density at radius 3 is 3.12 bits per heavy atom. The molecule has 3 nitrogen and oxygen atoms in total. The van der Waals surface area contributed by atoms with Crippen LogP contribution in [0.2, 0.25) is 5.02 Å². The van der Waals surface area contributed by atoms with Crippen LogP contribution in [0.15, 0.2) is 18.2 Å². The van der Waals surface area contributed by atoms with Gasteiger partial charge in [0.05, 0.1) is 6.04 Å². The van der Waals surface area contributed by atoms with Crippen molar-refractivity contribution in [3.63, 3.8) is 0 Å². The van der Waals surface area contributed by atoms with Gasteiger partial charge in [-0.3, -0.25) is 0 Å². The smallest absolute Gasteiger partial charge is 0.315 e. The summed E-state index contributed by atoms with van der Waals surface area (Å²) in [4.78, 5) is 11.4. The van der Waals surface area contributed by atoms with Crippen LogP contribution < -0.4 is 10.6 Å². The van der Waals surface area contributed by atoms with Crippen molar-refractivity contribution in [2.24, 2.45) is 0 Å². The molecule has 1 unspecified atom stereocenters. The predicted molar refractivity (Wildman–Crippen MR) is 65.0 cm³/mol. The van der Waals surface area contributed by atoms with Gasteiger partial charge in [-0.2, -0.15) is 0 Å². The number of amides is 2. The standard InChI is InChI=1S/C12H14ClFN2O/c13-10-3-1-2-9-8(10)4-5-11(9)16-12(17)15-7-6-14/h1-3,11H,4-7H2,(H2,15,16,17). The Bertz CT molecular complexity index is 425. The minimum atomic E-state index is -0.555. The van der Waals surface area contributed by atoms with Gasteiger partial charge in [0.25, 0.3) is 0 Å². The fourth-order valence-corrected chi connectivity index (χ4v) is 2.41. The SMILES string of the molecule is O=C(NCCF)NC1CCc2c(Cl)cccc21. The quantitative estimate of drug-likeness (QED) is 0.858. The first kappa shape index (κ1) is 12.2. The maximum Gasteiger partial charge on any atom is 0.315 e. The maximum atomic E-state index is 11.9. The van der Waals surface area contributed by atoms with Gasteiger partial charge in [0.15, 0.2) is 0 Å². The third-order valence-electron chi connectivity index (χ3n) is 2.90. The number of nitrogens with one attached hydrogen (secondary N) is 2. The Hall–Kier alpha value is -1.29. The fourth-order valence-electron chi connectivity index (χ4n) is 2.13. The minimum absolute atomic E-state index is 0.0247. The van der Waals surface area contributed by atoms with Gasteiger partial charge < -0.3 is 10.6 Å². The molecule has 0 saturated carbocycles. The molecule has 2 amide bonds. The lowest BCUT2D eigenvalue weighted by Gasteiger charge is -2.14. The van der Waals surface area contributed by atoms with E-state index in [9.17, 15) is 9.18 Å². The van der Waals surface area contributed by atoms with E-state index in [2.05, 4.69) is 10.6 Å². The molecule has 2 N–H and O–H groups in total. The number of rotatable bonds is 3. The summed E-state index contributed by atoms with van der Waals surface area (Å²) in [6.07, 6.45) is 1.70. The number of carbonyl (C=O) groups excluding carboxylic acids is 1. The number of hydrogen-bond acceptors (Lipinski definition) is 1. The summed E-state index contributed by atoms with van der Waals surface area (Å²) in [5.74, 6) is 0. The molecule has 1 aliphatic carbocycles. The maximum absolute atomic E-state index is 11.9. The van der Waals surface area contributed by atoms with Crippen LogP contribution in [-0.2, 0) is 6.42 Å². The monoisotopic (exact) mass is 256 g/mol. The largest absolute Gasteiger partial charge is 0.336 e. The van der Waals surface area contributed by atoms with Crippen LogP contribution in [0.5, 0.6) is 0 Å². The molecule has 1 aromatic carbocycles. The van der Waals surface area contributed by atoms with Crippen molar-refractivity contribution in [1.29, 1.82) is 0 Å².